The first kappa shape index (κ1) is 21.1. The Kier molecular flexibility index (Phi) is 6.62. The van der Waals surface area contributed by atoms with Gasteiger partial charge in [0.25, 0.3) is 0 Å². The van der Waals surface area contributed by atoms with E-state index in [4.69, 9.17) is 9.47 Å². The van der Waals surface area contributed by atoms with Crippen molar-refractivity contribution in [2.24, 2.45) is 7.05 Å². The molecule has 1 aliphatic rings. The van der Waals surface area contributed by atoms with Crippen LogP contribution in [-0.4, -0.2) is 34.9 Å². The van der Waals surface area contributed by atoms with Crippen LogP contribution in [0, 0.1) is 5.82 Å². The number of halogens is 1. The van der Waals surface area contributed by atoms with Gasteiger partial charge in [-0.05, 0) is 31.4 Å². The quantitative estimate of drug-likeness (QED) is 0.588. The number of para-hydroxylation sites is 1. The molecule has 31 heavy (non-hydrogen) atoms. The van der Waals surface area contributed by atoms with Crippen molar-refractivity contribution in [1.29, 1.82) is 0 Å². The molecule has 0 saturated carbocycles. The molecule has 162 valence electrons. The third kappa shape index (κ3) is 5.11. The third-order valence-corrected chi connectivity index (χ3v) is 5.33. The lowest BCUT2D eigenvalue weighted by Crippen LogP contribution is -2.31. The first-order valence-electron chi connectivity index (χ1n) is 10.5. The lowest BCUT2D eigenvalue weighted by atomic mass is 10.0. The second-order valence-corrected chi connectivity index (χ2v) is 7.59. The van der Waals surface area contributed by atoms with Crippen LogP contribution in [0.15, 0.2) is 54.6 Å². The van der Waals surface area contributed by atoms with E-state index in [2.05, 4.69) is 10.4 Å². The number of aryl methyl sites for hydroxylation is 1. The van der Waals surface area contributed by atoms with E-state index in [9.17, 15) is 9.18 Å². The summed E-state index contributed by atoms with van der Waals surface area (Å²) in [7, 11) is 1.75. The molecule has 6 nitrogen and oxygen atoms in total. The number of hydrogen-bond donors (Lipinski definition) is 1. The molecular weight excluding hydrogens is 397 g/mol. The molecule has 0 aliphatic carbocycles. The molecule has 0 radical (unpaired) electrons. The number of rotatable bonds is 8. The lowest BCUT2D eigenvalue weighted by molar-refractivity contribution is -0.121. The summed E-state index contributed by atoms with van der Waals surface area (Å²) in [5.74, 6) is 0.0329. The molecule has 3 aromatic rings. The van der Waals surface area contributed by atoms with Gasteiger partial charge in [0.05, 0.1) is 11.8 Å². The molecule has 0 bridgehead atoms. The zero-order valence-electron chi connectivity index (χ0n) is 17.5. The van der Waals surface area contributed by atoms with Crippen molar-refractivity contribution in [3.8, 4) is 22.9 Å². The molecule has 4 rings (SSSR count). The Hall–Kier alpha value is -3.19. The second kappa shape index (κ2) is 9.75. The first-order valence-corrected chi connectivity index (χ1v) is 10.5. The molecule has 1 saturated heterocycles. The van der Waals surface area contributed by atoms with E-state index in [-0.39, 0.29) is 24.2 Å². The van der Waals surface area contributed by atoms with E-state index in [1.54, 1.807) is 29.9 Å². The third-order valence-electron chi connectivity index (χ3n) is 5.33. The SMILES string of the molecule is Cn1nc(-c2ccccc2)c(CCC(=O)NC[C@H]2CCCO2)c1Oc1ccccc1F. The highest BCUT2D eigenvalue weighted by atomic mass is 19.1. The predicted molar refractivity (Wildman–Crippen MR) is 115 cm³/mol. The number of aromatic nitrogens is 2. The highest BCUT2D eigenvalue weighted by Crippen LogP contribution is 2.34. The van der Waals surface area contributed by atoms with Crippen molar-refractivity contribution >= 4 is 5.91 Å². The van der Waals surface area contributed by atoms with Gasteiger partial charge in [-0.2, -0.15) is 5.10 Å². The molecule has 7 heteroatoms. The molecule has 0 unspecified atom stereocenters. The average Bonchev–Trinajstić information content (AvgIpc) is 3.41. The largest absolute Gasteiger partial charge is 0.436 e. The number of ether oxygens (including phenoxy) is 2. The Labute approximate surface area is 181 Å². The summed E-state index contributed by atoms with van der Waals surface area (Å²) in [6.07, 6.45) is 2.79. The predicted octanol–water partition coefficient (Wildman–Crippen LogP) is 4.25. The highest BCUT2D eigenvalue weighted by molar-refractivity contribution is 5.77. The fraction of sp³-hybridized carbons (Fsp3) is 0.333. The topological polar surface area (TPSA) is 65.4 Å². The van der Waals surface area contributed by atoms with Crippen LogP contribution in [0.1, 0.15) is 24.8 Å². The van der Waals surface area contributed by atoms with E-state index >= 15 is 0 Å². The number of amides is 1. The van der Waals surface area contributed by atoms with E-state index < -0.39 is 5.82 Å². The molecule has 1 aromatic heterocycles. The summed E-state index contributed by atoms with van der Waals surface area (Å²) in [5.41, 5.74) is 2.40. The second-order valence-electron chi connectivity index (χ2n) is 7.59. The Bertz CT molecular complexity index is 1030. The van der Waals surface area contributed by atoms with Gasteiger partial charge < -0.3 is 14.8 Å². The van der Waals surface area contributed by atoms with Crippen LogP contribution in [-0.2, 0) is 23.0 Å². The van der Waals surface area contributed by atoms with Crippen LogP contribution in [0.3, 0.4) is 0 Å². The maximum atomic E-state index is 14.2. The van der Waals surface area contributed by atoms with Gasteiger partial charge in [0.2, 0.25) is 11.8 Å². The number of hydrogen-bond acceptors (Lipinski definition) is 4. The maximum absolute atomic E-state index is 14.2. The number of carbonyl (C=O) groups excluding carboxylic acids is 1. The molecule has 1 fully saturated rings. The van der Waals surface area contributed by atoms with Crippen molar-refractivity contribution in [3.05, 3.63) is 66.0 Å². The van der Waals surface area contributed by atoms with Crippen LogP contribution in [0.5, 0.6) is 11.6 Å². The standard InChI is InChI=1S/C24H26FN3O3/c1-28-24(31-21-12-6-5-11-20(21)25)19(23(27-28)17-8-3-2-4-9-17)13-14-22(29)26-16-18-10-7-15-30-18/h2-6,8-9,11-12,18H,7,10,13-16H2,1H3,(H,26,29)/t18-/m1/s1. The van der Waals surface area contributed by atoms with Crippen molar-refractivity contribution < 1.29 is 18.7 Å². The maximum Gasteiger partial charge on any atom is 0.221 e. The molecule has 1 atom stereocenters. The first-order chi connectivity index (χ1) is 15.1. The normalized spacial score (nSPS) is 15.7. The van der Waals surface area contributed by atoms with Gasteiger partial charge in [0.15, 0.2) is 11.6 Å². The minimum absolute atomic E-state index is 0.0600. The van der Waals surface area contributed by atoms with Gasteiger partial charge in [-0.3, -0.25) is 4.79 Å². The van der Waals surface area contributed by atoms with Gasteiger partial charge in [0, 0.05) is 37.7 Å². The Morgan fingerprint density at radius 3 is 2.74 bits per heavy atom. The summed E-state index contributed by atoms with van der Waals surface area (Å²) in [5, 5.41) is 7.56. The van der Waals surface area contributed by atoms with Gasteiger partial charge in [-0.15, -0.1) is 0 Å². The molecule has 2 aromatic carbocycles. The minimum Gasteiger partial charge on any atom is -0.436 e. The molecule has 1 N–H and O–H groups in total. The van der Waals surface area contributed by atoms with Crippen molar-refractivity contribution in [2.75, 3.05) is 13.2 Å². The Morgan fingerprint density at radius 2 is 2.00 bits per heavy atom. The lowest BCUT2D eigenvalue weighted by Gasteiger charge is -2.12. The highest BCUT2D eigenvalue weighted by Gasteiger charge is 2.22. The summed E-state index contributed by atoms with van der Waals surface area (Å²) in [6.45, 7) is 1.28. The van der Waals surface area contributed by atoms with Gasteiger partial charge in [-0.1, -0.05) is 42.5 Å². The van der Waals surface area contributed by atoms with Crippen LogP contribution in [0.4, 0.5) is 4.39 Å². The number of nitrogens with one attached hydrogen (secondary N) is 1. The zero-order valence-corrected chi connectivity index (χ0v) is 17.5. The van der Waals surface area contributed by atoms with E-state index in [0.29, 0.717) is 18.8 Å². The van der Waals surface area contributed by atoms with E-state index in [1.165, 1.54) is 6.07 Å². The summed E-state index contributed by atoms with van der Waals surface area (Å²) in [4.78, 5) is 12.5. The van der Waals surface area contributed by atoms with Crippen molar-refractivity contribution in [2.45, 2.75) is 31.8 Å². The number of carbonyl (C=O) groups is 1. The zero-order chi connectivity index (χ0) is 21.6. The molecule has 1 aliphatic heterocycles. The molecule has 2 heterocycles. The smallest absolute Gasteiger partial charge is 0.221 e. The summed E-state index contributed by atoms with van der Waals surface area (Å²) in [6, 6.07) is 15.9. The fourth-order valence-corrected chi connectivity index (χ4v) is 3.72. The number of nitrogens with zero attached hydrogens (tertiary/aromatic N) is 2. The van der Waals surface area contributed by atoms with Crippen LogP contribution in [0.25, 0.3) is 11.3 Å². The molecule has 0 spiro atoms. The average molecular weight is 423 g/mol. The molecule has 1 amide bonds. The van der Waals surface area contributed by atoms with Gasteiger partial charge in [-0.25, -0.2) is 9.07 Å². The van der Waals surface area contributed by atoms with E-state index in [0.717, 1.165) is 36.3 Å². The minimum atomic E-state index is -0.454. The van der Waals surface area contributed by atoms with Crippen LogP contribution >= 0.6 is 0 Å². The van der Waals surface area contributed by atoms with E-state index in [1.807, 2.05) is 30.3 Å². The van der Waals surface area contributed by atoms with Crippen molar-refractivity contribution in [1.82, 2.24) is 15.1 Å². The van der Waals surface area contributed by atoms with Crippen molar-refractivity contribution in [3.63, 3.8) is 0 Å². The van der Waals surface area contributed by atoms with Gasteiger partial charge >= 0.3 is 0 Å². The fourth-order valence-electron chi connectivity index (χ4n) is 3.72. The Morgan fingerprint density at radius 1 is 1.23 bits per heavy atom. The summed E-state index contributed by atoms with van der Waals surface area (Å²) >= 11 is 0. The summed E-state index contributed by atoms with van der Waals surface area (Å²) < 4.78 is 27.3. The monoisotopic (exact) mass is 423 g/mol. The molecular formula is C24H26FN3O3. The van der Waals surface area contributed by atoms with Gasteiger partial charge in [0.1, 0.15) is 0 Å². The number of benzene rings is 2. The van der Waals surface area contributed by atoms with Crippen LogP contribution < -0.4 is 10.1 Å². The van der Waals surface area contributed by atoms with Crippen LogP contribution in [0.2, 0.25) is 0 Å². The Balaban J connectivity index is 1.55.